The first kappa shape index (κ1) is 11.0. The first-order valence-corrected chi connectivity index (χ1v) is 5.40. The van der Waals surface area contributed by atoms with E-state index in [1.165, 1.54) is 4.80 Å². The maximum absolute atomic E-state index is 9.33. The van der Waals surface area contributed by atoms with E-state index in [9.17, 15) is 5.11 Å². The third-order valence-corrected chi connectivity index (χ3v) is 2.39. The van der Waals surface area contributed by atoms with Crippen molar-refractivity contribution in [3.05, 3.63) is 30.3 Å². The van der Waals surface area contributed by atoms with Crippen molar-refractivity contribution >= 4 is 11.6 Å². The lowest BCUT2D eigenvalue weighted by Crippen LogP contribution is -2.19. The van der Waals surface area contributed by atoms with E-state index in [1.54, 1.807) is 0 Å². The van der Waals surface area contributed by atoms with Crippen LogP contribution in [-0.4, -0.2) is 37.3 Å². The first-order chi connectivity index (χ1) is 7.79. The average Bonchev–Trinajstić information content (AvgIpc) is 2.78. The van der Waals surface area contributed by atoms with E-state index in [-0.39, 0.29) is 12.4 Å². The van der Waals surface area contributed by atoms with Gasteiger partial charge in [0.1, 0.15) is 0 Å². The van der Waals surface area contributed by atoms with Crippen molar-refractivity contribution < 1.29 is 5.11 Å². The molecule has 0 aliphatic heterocycles. The molecule has 0 saturated carbocycles. The number of alkyl halides is 1. The Labute approximate surface area is 97.7 Å². The van der Waals surface area contributed by atoms with Gasteiger partial charge in [-0.05, 0) is 5.21 Å². The van der Waals surface area contributed by atoms with Crippen LogP contribution in [0.4, 0.5) is 0 Å². The smallest absolute Gasteiger partial charge is 0.204 e. The molecule has 6 heteroatoms. The fraction of sp³-hybridized carbons (Fsp3) is 0.300. The van der Waals surface area contributed by atoms with Gasteiger partial charge >= 0.3 is 0 Å². The molecule has 2 aromatic rings. The molecule has 5 nitrogen and oxygen atoms in total. The summed E-state index contributed by atoms with van der Waals surface area (Å²) in [7, 11) is 0. The van der Waals surface area contributed by atoms with E-state index in [4.69, 9.17) is 11.6 Å². The normalized spacial score (nSPS) is 12.6. The molecule has 0 spiro atoms. The van der Waals surface area contributed by atoms with Crippen LogP contribution in [0.25, 0.3) is 11.4 Å². The summed E-state index contributed by atoms with van der Waals surface area (Å²) in [6.07, 6.45) is -0.653. The second kappa shape index (κ2) is 5.05. The van der Waals surface area contributed by atoms with Gasteiger partial charge in [0, 0.05) is 5.56 Å². The fourth-order valence-corrected chi connectivity index (χ4v) is 1.36. The van der Waals surface area contributed by atoms with Gasteiger partial charge in [0.25, 0.3) is 0 Å². The van der Waals surface area contributed by atoms with Crippen LogP contribution in [0.15, 0.2) is 30.3 Å². The Morgan fingerprint density at radius 3 is 2.75 bits per heavy atom. The van der Waals surface area contributed by atoms with Crippen molar-refractivity contribution in [1.82, 2.24) is 20.2 Å². The summed E-state index contributed by atoms with van der Waals surface area (Å²) in [4.78, 5) is 1.34. The van der Waals surface area contributed by atoms with Crippen molar-refractivity contribution in [3.8, 4) is 11.4 Å². The SMILES string of the molecule is O[C@@H](CCl)Cn1nnc(-c2ccccc2)n1. The Hall–Kier alpha value is -1.46. The molecule has 0 aliphatic carbocycles. The topological polar surface area (TPSA) is 63.8 Å². The quantitative estimate of drug-likeness (QED) is 0.806. The molecule has 1 atom stereocenters. The van der Waals surface area contributed by atoms with Crippen LogP contribution in [0.1, 0.15) is 0 Å². The molecule has 2 rings (SSSR count). The summed E-state index contributed by atoms with van der Waals surface area (Å²) in [6.45, 7) is 0.253. The number of aromatic nitrogens is 4. The standard InChI is InChI=1S/C10H11ClN4O/c11-6-9(16)7-15-13-10(12-14-15)8-4-2-1-3-5-8/h1-5,9,16H,6-7H2/t9-/m0/s1. The number of aliphatic hydroxyl groups excluding tert-OH is 1. The van der Waals surface area contributed by atoms with Gasteiger partial charge in [-0.3, -0.25) is 0 Å². The molecule has 1 aromatic carbocycles. The molecular weight excluding hydrogens is 228 g/mol. The third kappa shape index (κ3) is 2.56. The predicted molar refractivity (Wildman–Crippen MR) is 60.0 cm³/mol. The second-order valence-corrected chi connectivity index (χ2v) is 3.65. The number of rotatable bonds is 4. The van der Waals surface area contributed by atoms with Crippen LogP contribution in [0.2, 0.25) is 0 Å². The van der Waals surface area contributed by atoms with Crippen LogP contribution in [-0.2, 0) is 6.54 Å². The monoisotopic (exact) mass is 238 g/mol. The van der Waals surface area contributed by atoms with Crippen molar-refractivity contribution in [2.75, 3.05) is 5.88 Å². The van der Waals surface area contributed by atoms with E-state index in [0.29, 0.717) is 5.82 Å². The van der Waals surface area contributed by atoms with Crippen LogP contribution < -0.4 is 0 Å². The summed E-state index contributed by atoms with van der Waals surface area (Å²) in [5.74, 6) is 0.699. The van der Waals surface area contributed by atoms with Crippen LogP contribution >= 0.6 is 11.6 Å². The van der Waals surface area contributed by atoms with Gasteiger partial charge in [0.05, 0.1) is 18.5 Å². The molecule has 84 valence electrons. The van der Waals surface area contributed by atoms with Crippen molar-refractivity contribution in [2.24, 2.45) is 0 Å². The van der Waals surface area contributed by atoms with E-state index in [2.05, 4.69) is 15.4 Å². The van der Waals surface area contributed by atoms with E-state index < -0.39 is 6.10 Å². The van der Waals surface area contributed by atoms with Gasteiger partial charge in [-0.2, -0.15) is 4.80 Å². The molecule has 1 heterocycles. The van der Waals surface area contributed by atoms with Gasteiger partial charge in [0.15, 0.2) is 0 Å². The first-order valence-electron chi connectivity index (χ1n) is 4.87. The zero-order valence-corrected chi connectivity index (χ0v) is 9.25. The molecule has 0 fully saturated rings. The van der Waals surface area contributed by atoms with Gasteiger partial charge in [-0.15, -0.1) is 21.8 Å². The highest BCUT2D eigenvalue weighted by Crippen LogP contribution is 2.11. The molecule has 0 saturated heterocycles. The van der Waals surface area contributed by atoms with Gasteiger partial charge in [-0.1, -0.05) is 30.3 Å². The van der Waals surface area contributed by atoms with Gasteiger partial charge < -0.3 is 5.11 Å². The Morgan fingerprint density at radius 2 is 2.06 bits per heavy atom. The zero-order valence-electron chi connectivity index (χ0n) is 8.49. The molecule has 0 aliphatic rings. The van der Waals surface area contributed by atoms with E-state index >= 15 is 0 Å². The molecular formula is C10H11ClN4O. The van der Waals surface area contributed by atoms with Crippen molar-refractivity contribution in [3.63, 3.8) is 0 Å². The molecule has 0 amide bonds. The van der Waals surface area contributed by atoms with Gasteiger partial charge in [0.2, 0.25) is 5.82 Å². The molecule has 0 radical (unpaired) electrons. The Bertz CT molecular complexity index is 445. The lowest BCUT2D eigenvalue weighted by Gasteiger charge is -2.03. The van der Waals surface area contributed by atoms with Crippen LogP contribution in [0.3, 0.4) is 0 Å². The summed E-state index contributed by atoms with van der Waals surface area (Å²) < 4.78 is 0. The lowest BCUT2D eigenvalue weighted by atomic mass is 10.2. The van der Waals surface area contributed by atoms with Crippen molar-refractivity contribution in [1.29, 1.82) is 0 Å². The van der Waals surface area contributed by atoms with Crippen LogP contribution in [0, 0.1) is 0 Å². The molecule has 0 bridgehead atoms. The minimum absolute atomic E-state index is 0.155. The second-order valence-electron chi connectivity index (χ2n) is 3.34. The Kier molecular flexibility index (Phi) is 3.48. The average molecular weight is 239 g/mol. The van der Waals surface area contributed by atoms with E-state index in [0.717, 1.165) is 5.56 Å². The number of hydrogen-bond donors (Lipinski definition) is 1. The predicted octanol–water partition coefficient (Wildman–Crippen LogP) is 0.940. The summed E-state index contributed by atoms with van der Waals surface area (Å²) in [5.41, 5.74) is 0.897. The largest absolute Gasteiger partial charge is 0.390 e. The van der Waals surface area contributed by atoms with Crippen LogP contribution in [0.5, 0.6) is 0 Å². The maximum Gasteiger partial charge on any atom is 0.204 e. The number of tetrazole rings is 1. The summed E-state index contributed by atoms with van der Waals surface area (Å²) in [6, 6.07) is 9.54. The molecule has 0 unspecified atom stereocenters. The third-order valence-electron chi connectivity index (χ3n) is 2.04. The minimum atomic E-state index is -0.653. The lowest BCUT2D eigenvalue weighted by molar-refractivity contribution is 0.164. The van der Waals surface area contributed by atoms with E-state index in [1.807, 2.05) is 30.3 Å². The minimum Gasteiger partial charge on any atom is -0.390 e. The highest BCUT2D eigenvalue weighted by molar-refractivity contribution is 6.18. The van der Waals surface area contributed by atoms with Crippen molar-refractivity contribution in [2.45, 2.75) is 12.6 Å². The number of nitrogens with zero attached hydrogens (tertiary/aromatic N) is 4. The highest BCUT2D eigenvalue weighted by Gasteiger charge is 2.08. The zero-order chi connectivity index (χ0) is 11.4. The van der Waals surface area contributed by atoms with Gasteiger partial charge in [-0.25, -0.2) is 0 Å². The number of hydrogen-bond acceptors (Lipinski definition) is 4. The maximum atomic E-state index is 9.33. The Morgan fingerprint density at radius 1 is 1.31 bits per heavy atom. The molecule has 1 N–H and O–H groups in total. The Balaban J connectivity index is 2.14. The fourth-order valence-electron chi connectivity index (χ4n) is 1.26. The number of aliphatic hydroxyl groups is 1. The summed E-state index contributed by atoms with van der Waals surface area (Å²) >= 11 is 5.49. The molecule has 1 aromatic heterocycles. The number of halogens is 1. The number of benzene rings is 1. The summed E-state index contributed by atoms with van der Waals surface area (Å²) in [5, 5.41) is 21.2. The highest BCUT2D eigenvalue weighted by atomic mass is 35.5. The molecule has 16 heavy (non-hydrogen) atoms.